The molecular weight excluding hydrogens is 585 g/mol. The molecule has 11 heteroatoms. The second-order valence-electron chi connectivity index (χ2n) is 10.1. The monoisotopic (exact) mass is 619 g/mol. The molecule has 0 fully saturated rings. The number of carbonyl (C=O) groups is 2. The molecule has 2 amide bonds. The average Bonchev–Trinajstić information content (AvgIpc) is 2.93. The minimum absolute atomic E-state index is 0.0120. The lowest BCUT2D eigenvalue weighted by Crippen LogP contribution is -2.51. The molecule has 220 valence electrons. The predicted octanol–water partition coefficient (Wildman–Crippen LogP) is 5.70. The molecule has 0 aromatic heterocycles. The van der Waals surface area contributed by atoms with E-state index in [4.69, 9.17) is 27.9 Å². The van der Waals surface area contributed by atoms with Crippen molar-refractivity contribution in [3.05, 3.63) is 87.9 Å². The summed E-state index contributed by atoms with van der Waals surface area (Å²) in [7, 11) is -2.87. The summed E-state index contributed by atoms with van der Waals surface area (Å²) in [5.74, 6) is -0.548. The molecule has 3 aromatic rings. The number of amides is 2. The fourth-order valence-corrected chi connectivity index (χ4v) is 5.87. The van der Waals surface area contributed by atoms with E-state index in [-0.39, 0.29) is 39.7 Å². The quantitative estimate of drug-likeness (QED) is 0.281. The molecule has 0 saturated heterocycles. The van der Waals surface area contributed by atoms with E-state index in [0.29, 0.717) is 17.1 Å². The van der Waals surface area contributed by atoms with E-state index in [1.54, 1.807) is 49.4 Å². The van der Waals surface area contributed by atoms with Gasteiger partial charge in [-0.05, 0) is 67.8 Å². The van der Waals surface area contributed by atoms with Crippen LogP contribution in [0.5, 0.6) is 5.75 Å². The van der Waals surface area contributed by atoms with E-state index >= 15 is 0 Å². The smallest absolute Gasteiger partial charge is 0.264 e. The summed E-state index contributed by atoms with van der Waals surface area (Å²) in [6.45, 7) is 7.22. The molecule has 0 aliphatic heterocycles. The first-order valence-corrected chi connectivity index (χ1v) is 15.3. The van der Waals surface area contributed by atoms with Crippen LogP contribution in [0.4, 0.5) is 5.69 Å². The van der Waals surface area contributed by atoms with E-state index in [0.717, 1.165) is 9.87 Å². The van der Waals surface area contributed by atoms with Crippen LogP contribution in [0, 0.1) is 12.8 Å². The number of nitrogens with zero attached hydrogens (tertiary/aromatic N) is 2. The van der Waals surface area contributed by atoms with Crippen LogP contribution < -0.4 is 14.4 Å². The Kier molecular flexibility index (Phi) is 11.1. The number of sulfonamides is 1. The molecule has 0 aliphatic rings. The topological polar surface area (TPSA) is 96.0 Å². The number of ether oxygens (including phenoxy) is 1. The number of aryl methyl sites for hydroxylation is 1. The van der Waals surface area contributed by atoms with Crippen molar-refractivity contribution >= 4 is 50.7 Å². The Labute approximate surface area is 252 Å². The molecule has 0 aliphatic carbocycles. The standard InChI is InChI=1S/C30H35Cl2N3O5S/c1-20(2)17-33-30(37)22(4)34(18-23-7-6-8-24(31)15-23)29(36)19-35(27-16-25(32)11-14-28(27)40-5)41(38,39)26-12-9-21(3)10-13-26/h6-16,20,22H,17-19H2,1-5H3,(H,33,37)/t22-/m0/s1. The van der Waals surface area contributed by atoms with Crippen molar-refractivity contribution in [1.82, 2.24) is 10.2 Å². The summed E-state index contributed by atoms with van der Waals surface area (Å²) in [4.78, 5) is 28.5. The van der Waals surface area contributed by atoms with Gasteiger partial charge in [-0.1, -0.05) is 66.9 Å². The minimum atomic E-state index is -4.27. The van der Waals surface area contributed by atoms with Crippen molar-refractivity contribution in [2.24, 2.45) is 5.92 Å². The lowest BCUT2D eigenvalue weighted by molar-refractivity contribution is -0.139. The van der Waals surface area contributed by atoms with E-state index in [9.17, 15) is 18.0 Å². The summed E-state index contributed by atoms with van der Waals surface area (Å²) < 4.78 is 34.5. The van der Waals surface area contributed by atoms with E-state index in [1.807, 2.05) is 20.8 Å². The molecule has 1 atom stereocenters. The summed E-state index contributed by atoms with van der Waals surface area (Å²) in [5.41, 5.74) is 1.65. The maximum absolute atomic E-state index is 14.0. The summed E-state index contributed by atoms with van der Waals surface area (Å²) in [6, 6.07) is 16.9. The van der Waals surface area contributed by atoms with Gasteiger partial charge in [-0.25, -0.2) is 8.42 Å². The first-order valence-electron chi connectivity index (χ1n) is 13.1. The second-order valence-corrected chi connectivity index (χ2v) is 12.8. The number of anilines is 1. The third kappa shape index (κ3) is 8.38. The molecule has 0 bridgehead atoms. The fourth-order valence-electron chi connectivity index (χ4n) is 4.08. The second kappa shape index (κ2) is 14.1. The summed E-state index contributed by atoms with van der Waals surface area (Å²) >= 11 is 12.5. The molecule has 3 aromatic carbocycles. The molecule has 0 saturated carbocycles. The van der Waals surface area contributed by atoms with E-state index in [1.165, 1.54) is 36.3 Å². The third-order valence-corrected chi connectivity index (χ3v) is 8.64. The van der Waals surface area contributed by atoms with Gasteiger partial charge >= 0.3 is 0 Å². The fraction of sp³-hybridized carbons (Fsp3) is 0.333. The van der Waals surface area contributed by atoms with Crippen LogP contribution in [0.2, 0.25) is 10.0 Å². The predicted molar refractivity (Wildman–Crippen MR) is 163 cm³/mol. The van der Waals surface area contributed by atoms with E-state index in [2.05, 4.69) is 5.32 Å². The van der Waals surface area contributed by atoms with Gasteiger partial charge in [-0.2, -0.15) is 0 Å². The lowest BCUT2D eigenvalue weighted by Gasteiger charge is -2.32. The third-order valence-electron chi connectivity index (χ3n) is 6.39. The number of methoxy groups -OCH3 is 1. The molecule has 0 radical (unpaired) electrons. The Morgan fingerprint density at radius 1 is 0.951 bits per heavy atom. The van der Waals surface area contributed by atoms with Crippen molar-refractivity contribution < 1.29 is 22.7 Å². The zero-order chi connectivity index (χ0) is 30.3. The van der Waals surface area contributed by atoms with Gasteiger partial charge < -0.3 is 15.0 Å². The molecule has 0 heterocycles. The number of hydrogen-bond acceptors (Lipinski definition) is 5. The molecule has 0 spiro atoms. The Balaban J connectivity index is 2.08. The first-order chi connectivity index (χ1) is 19.3. The largest absolute Gasteiger partial charge is 0.495 e. The van der Waals surface area contributed by atoms with Crippen LogP contribution >= 0.6 is 23.2 Å². The van der Waals surface area contributed by atoms with Crippen molar-refractivity contribution in [3.8, 4) is 5.75 Å². The number of benzene rings is 3. The molecule has 3 rings (SSSR count). The van der Waals surface area contributed by atoms with Crippen LogP contribution in [0.15, 0.2) is 71.6 Å². The molecule has 8 nitrogen and oxygen atoms in total. The zero-order valence-corrected chi connectivity index (χ0v) is 26.1. The summed E-state index contributed by atoms with van der Waals surface area (Å²) in [6.07, 6.45) is 0. The molecular formula is C30H35Cl2N3O5S. The highest BCUT2D eigenvalue weighted by molar-refractivity contribution is 7.92. The SMILES string of the molecule is COc1ccc(Cl)cc1N(CC(=O)N(Cc1cccc(Cl)c1)[C@@H](C)C(=O)NCC(C)C)S(=O)(=O)c1ccc(C)cc1. The number of hydrogen-bond donors (Lipinski definition) is 1. The van der Waals surface area contributed by atoms with Crippen LogP contribution in [0.1, 0.15) is 31.9 Å². The number of nitrogens with one attached hydrogen (secondary N) is 1. The Bertz CT molecular complexity index is 1480. The Morgan fingerprint density at radius 3 is 2.22 bits per heavy atom. The van der Waals surface area contributed by atoms with Gasteiger partial charge in [0.25, 0.3) is 10.0 Å². The van der Waals surface area contributed by atoms with Crippen LogP contribution in [0.3, 0.4) is 0 Å². The zero-order valence-electron chi connectivity index (χ0n) is 23.7. The minimum Gasteiger partial charge on any atom is -0.495 e. The van der Waals surface area contributed by atoms with Gasteiger partial charge in [-0.3, -0.25) is 13.9 Å². The van der Waals surface area contributed by atoms with Crippen molar-refractivity contribution in [2.45, 2.75) is 45.2 Å². The number of rotatable bonds is 12. The highest BCUT2D eigenvalue weighted by Crippen LogP contribution is 2.35. The summed E-state index contributed by atoms with van der Waals surface area (Å²) in [5, 5.41) is 3.59. The van der Waals surface area contributed by atoms with Gasteiger partial charge in [0.15, 0.2) is 0 Å². The lowest BCUT2D eigenvalue weighted by atomic mass is 10.1. The normalized spacial score (nSPS) is 12.1. The molecule has 1 N–H and O–H groups in total. The molecule has 41 heavy (non-hydrogen) atoms. The maximum atomic E-state index is 14.0. The van der Waals surface area contributed by atoms with E-state index < -0.39 is 28.5 Å². The number of halogens is 2. The van der Waals surface area contributed by atoms with Crippen LogP contribution in [-0.2, 0) is 26.2 Å². The van der Waals surface area contributed by atoms with Gasteiger partial charge in [0, 0.05) is 23.1 Å². The van der Waals surface area contributed by atoms with Crippen molar-refractivity contribution in [1.29, 1.82) is 0 Å². The average molecular weight is 621 g/mol. The highest BCUT2D eigenvalue weighted by atomic mass is 35.5. The van der Waals surface area contributed by atoms with Gasteiger partial charge in [0.05, 0.1) is 17.7 Å². The Hall–Kier alpha value is -3.27. The maximum Gasteiger partial charge on any atom is 0.264 e. The van der Waals surface area contributed by atoms with Gasteiger partial charge in [-0.15, -0.1) is 0 Å². The highest BCUT2D eigenvalue weighted by Gasteiger charge is 2.34. The number of carbonyl (C=O) groups excluding carboxylic acids is 2. The van der Waals surface area contributed by atoms with Crippen LogP contribution in [0.25, 0.3) is 0 Å². The van der Waals surface area contributed by atoms with Crippen molar-refractivity contribution in [3.63, 3.8) is 0 Å². The molecule has 0 unspecified atom stereocenters. The van der Waals surface area contributed by atoms with Gasteiger partial charge in [0.1, 0.15) is 18.3 Å². The first kappa shape index (κ1) is 32.2. The van der Waals surface area contributed by atoms with Gasteiger partial charge in [0.2, 0.25) is 11.8 Å². The Morgan fingerprint density at radius 2 is 1.61 bits per heavy atom. The van der Waals surface area contributed by atoms with Crippen LogP contribution in [-0.4, -0.2) is 51.4 Å². The van der Waals surface area contributed by atoms with Crippen molar-refractivity contribution in [2.75, 3.05) is 24.5 Å².